The van der Waals surface area contributed by atoms with Gasteiger partial charge in [0.15, 0.2) is 11.5 Å². The minimum atomic E-state index is 0.136. The van der Waals surface area contributed by atoms with E-state index in [0.29, 0.717) is 6.04 Å². The second-order valence-electron chi connectivity index (χ2n) is 5.39. The topological polar surface area (TPSA) is 43.4 Å². The maximum absolute atomic E-state index is 5.41. The molecule has 0 aliphatic carbocycles. The highest BCUT2D eigenvalue weighted by Crippen LogP contribution is 2.35. The van der Waals surface area contributed by atoms with Crippen LogP contribution >= 0.6 is 0 Å². The van der Waals surface area contributed by atoms with Crippen LogP contribution in [-0.2, 0) is 6.42 Å². The first-order valence-electron chi connectivity index (χ1n) is 7.13. The van der Waals surface area contributed by atoms with Gasteiger partial charge in [0.2, 0.25) is 0 Å². The lowest BCUT2D eigenvalue weighted by molar-refractivity contribution is 0.353. The standard InChI is InChI=1S/C17H20N2O2/c1-11-8-12-6-7-18-10-14(12)17(19-11)13-4-5-15(20-2)16(9-13)21-3/h4-7,9-11,17,19H,8H2,1-3H3. The first-order chi connectivity index (χ1) is 10.2. The molecule has 110 valence electrons. The zero-order valence-electron chi connectivity index (χ0n) is 12.6. The van der Waals surface area contributed by atoms with Crippen LogP contribution in [0.5, 0.6) is 11.5 Å². The zero-order valence-corrected chi connectivity index (χ0v) is 12.6. The van der Waals surface area contributed by atoms with E-state index in [-0.39, 0.29) is 6.04 Å². The highest BCUT2D eigenvalue weighted by molar-refractivity contribution is 5.47. The molecular formula is C17H20N2O2. The Kier molecular flexibility index (Phi) is 3.80. The largest absolute Gasteiger partial charge is 0.493 e. The van der Waals surface area contributed by atoms with Crippen LogP contribution in [0, 0.1) is 0 Å². The fourth-order valence-corrected chi connectivity index (χ4v) is 2.95. The Bertz CT molecular complexity index is 642. The molecule has 21 heavy (non-hydrogen) atoms. The van der Waals surface area contributed by atoms with Crippen molar-refractivity contribution in [3.05, 3.63) is 53.3 Å². The zero-order chi connectivity index (χ0) is 14.8. The summed E-state index contributed by atoms with van der Waals surface area (Å²) in [6.07, 6.45) is 4.85. The third-order valence-electron chi connectivity index (χ3n) is 3.98. The van der Waals surface area contributed by atoms with Crippen LogP contribution in [0.3, 0.4) is 0 Å². The van der Waals surface area contributed by atoms with Crippen molar-refractivity contribution >= 4 is 0 Å². The van der Waals surface area contributed by atoms with E-state index in [1.807, 2.05) is 24.5 Å². The Labute approximate surface area is 125 Å². The van der Waals surface area contributed by atoms with E-state index in [1.165, 1.54) is 11.1 Å². The third kappa shape index (κ3) is 2.59. The molecule has 0 bridgehead atoms. The summed E-state index contributed by atoms with van der Waals surface area (Å²) in [4.78, 5) is 4.28. The molecule has 0 saturated carbocycles. The van der Waals surface area contributed by atoms with E-state index in [4.69, 9.17) is 9.47 Å². The molecule has 1 aliphatic rings. The van der Waals surface area contributed by atoms with E-state index in [9.17, 15) is 0 Å². The Morgan fingerprint density at radius 2 is 1.95 bits per heavy atom. The molecule has 1 aromatic carbocycles. The summed E-state index contributed by atoms with van der Waals surface area (Å²) < 4.78 is 10.7. The van der Waals surface area contributed by atoms with Crippen molar-refractivity contribution < 1.29 is 9.47 Å². The Balaban J connectivity index is 2.04. The lowest BCUT2D eigenvalue weighted by atomic mass is 9.88. The predicted octanol–water partition coefficient (Wildman–Crippen LogP) is 2.72. The summed E-state index contributed by atoms with van der Waals surface area (Å²) >= 11 is 0. The first-order valence-corrected chi connectivity index (χ1v) is 7.13. The normalized spacial score (nSPS) is 20.7. The van der Waals surface area contributed by atoms with Crippen LogP contribution in [0.4, 0.5) is 0 Å². The number of aromatic nitrogens is 1. The van der Waals surface area contributed by atoms with Gasteiger partial charge < -0.3 is 14.8 Å². The van der Waals surface area contributed by atoms with Crippen LogP contribution in [-0.4, -0.2) is 25.2 Å². The number of nitrogens with zero attached hydrogens (tertiary/aromatic N) is 1. The van der Waals surface area contributed by atoms with Gasteiger partial charge in [-0.3, -0.25) is 4.98 Å². The van der Waals surface area contributed by atoms with Gasteiger partial charge in [0, 0.05) is 18.4 Å². The lowest BCUT2D eigenvalue weighted by Crippen LogP contribution is -2.38. The number of hydrogen-bond donors (Lipinski definition) is 1. The minimum absolute atomic E-state index is 0.136. The summed E-state index contributed by atoms with van der Waals surface area (Å²) in [5.74, 6) is 1.50. The molecule has 3 rings (SSSR count). The number of hydrogen-bond acceptors (Lipinski definition) is 4. The molecule has 2 unspecified atom stereocenters. The Morgan fingerprint density at radius 3 is 2.71 bits per heavy atom. The first kappa shape index (κ1) is 13.9. The number of benzene rings is 1. The molecule has 0 saturated heterocycles. The quantitative estimate of drug-likeness (QED) is 0.941. The van der Waals surface area contributed by atoms with Crippen molar-refractivity contribution in [3.8, 4) is 11.5 Å². The lowest BCUT2D eigenvalue weighted by Gasteiger charge is -2.31. The molecule has 2 heterocycles. The van der Waals surface area contributed by atoms with E-state index >= 15 is 0 Å². The SMILES string of the molecule is COc1ccc(C2NC(C)Cc3ccncc32)cc1OC. The van der Waals surface area contributed by atoms with Gasteiger partial charge in [0.25, 0.3) is 0 Å². The number of rotatable bonds is 3. The molecule has 1 aromatic heterocycles. The van der Waals surface area contributed by atoms with Crippen molar-refractivity contribution in [2.24, 2.45) is 0 Å². The van der Waals surface area contributed by atoms with Crippen LogP contribution in [0.25, 0.3) is 0 Å². The summed E-state index contributed by atoms with van der Waals surface area (Å²) in [6.45, 7) is 2.21. The third-order valence-corrected chi connectivity index (χ3v) is 3.98. The Morgan fingerprint density at radius 1 is 1.14 bits per heavy atom. The van der Waals surface area contributed by atoms with Gasteiger partial charge in [-0.2, -0.15) is 0 Å². The summed E-state index contributed by atoms with van der Waals surface area (Å²) in [6, 6.07) is 8.74. The number of pyridine rings is 1. The fourth-order valence-electron chi connectivity index (χ4n) is 2.95. The van der Waals surface area contributed by atoms with Gasteiger partial charge in [-0.05, 0) is 48.2 Å². The van der Waals surface area contributed by atoms with E-state index < -0.39 is 0 Å². The second-order valence-corrected chi connectivity index (χ2v) is 5.39. The monoisotopic (exact) mass is 284 g/mol. The van der Waals surface area contributed by atoms with Gasteiger partial charge >= 0.3 is 0 Å². The number of ether oxygens (including phenoxy) is 2. The van der Waals surface area contributed by atoms with Crippen molar-refractivity contribution in [3.63, 3.8) is 0 Å². The van der Waals surface area contributed by atoms with Crippen molar-refractivity contribution in [2.75, 3.05) is 14.2 Å². The van der Waals surface area contributed by atoms with Crippen molar-refractivity contribution in [1.29, 1.82) is 0 Å². The van der Waals surface area contributed by atoms with Crippen LogP contribution in [0.1, 0.15) is 29.7 Å². The van der Waals surface area contributed by atoms with E-state index in [1.54, 1.807) is 14.2 Å². The van der Waals surface area contributed by atoms with Crippen molar-refractivity contribution in [1.82, 2.24) is 10.3 Å². The van der Waals surface area contributed by atoms with Gasteiger partial charge in [0.05, 0.1) is 20.3 Å². The summed E-state index contributed by atoms with van der Waals surface area (Å²) in [5, 5.41) is 3.64. The maximum atomic E-state index is 5.41. The van der Waals surface area contributed by atoms with Crippen molar-refractivity contribution in [2.45, 2.75) is 25.4 Å². The second kappa shape index (κ2) is 5.74. The minimum Gasteiger partial charge on any atom is -0.493 e. The number of fused-ring (bicyclic) bond motifs is 1. The molecule has 1 aliphatic heterocycles. The Hall–Kier alpha value is -2.07. The summed E-state index contributed by atoms with van der Waals surface area (Å²) in [5.41, 5.74) is 3.76. The molecule has 0 fully saturated rings. The average Bonchev–Trinajstić information content (AvgIpc) is 2.53. The van der Waals surface area contributed by atoms with Gasteiger partial charge in [0.1, 0.15) is 0 Å². The summed E-state index contributed by atoms with van der Waals surface area (Å²) in [7, 11) is 3.31. The molecule has 4 nitrogen and oxygen atoms in total. The highest BCUT2D eigenvalue weighted by Gasteiger charge is 2.25. The molecule has 0 radical (unpaired) electrons. The van der Waals surface area contributed by atoms with E-state index in [0.717, 1.165) is 23.5 Å². The molecule has 1 N–H and O–H groups in total. The molecule has 2 aromatic rings. The number of nitrogens with one attached hydrogen (secondary N) is 1. The van der Waals surface area contributed by atoms with Gasteiger partial charge in [-0.1, -0.05) is 6.07 Å². The van der Waals surface area contributed by atoms with Gasteiger partial charge in [-0.15, -0.1) is 0 Å². The maximum Gasteiger partial charge on any atom is 0.161 e. The fraction of sp³-hybridized carbons (Fsp3) is 0.353. The molecule has 0 amide bonds. The molecule has 4 heteroatoms. The smallest absolute Gasteiger partial charge is 0.161 e. The molecule has 0 spiro atoms. The molecule has 2 atom stereocenters. The van der Waals surface area contributed by atoms with Crippen LogP contribution < -0.4 is 14.8 Å². The van der Waals surface area contributed by atoms with Crippen LogP contribution in [0.2, 0.25) is 0 Å². The van der Waals surface area contributed by atoms with Gasteiger partial charge in [-0.25, -0.2) is 0 Å². The highest BCUT2D eigenvalue weighted by atomic mass is 16.5. The van der Waals surface area contributed by atoms with Crippen LogP contribution in [0.15, 0.2) is 36.7 Å². The predicted molar refractivity (Wildman–Crippen MR) is 81.9 cm³/mol. The number of methoxy groups -OCH3 is 2. The average molecular weight is 284 g/mol. The van der Waals surface area contributed by atoms with E-state index in [2.05, 4.69) is 29.4 Å². The molecular weight excluding hydrogens is 264 g/mol.